The lowest BCUT2D eigenvalue weighted by atomic mass is 10.1. The van der Waals surface area contributed by atoms with Crippen LogP contribution in [0.1, 0.15) is 91.7 Å². The average Bonchev–Trinajstić information content (AvgIpc) is 3.96. The number of primary amides is 2. The lowest BCUT2D eigenvalue weighted by Crippen LogP contribution is -2.18. The molecule has 4 heterocycles. The fourth-order valence-electron chi connectivity index (χ4n) is 6.31. The summed E-state index contributed by atoms with van der Waals surface area (Å²) in [5, 5.41) is 12.0. The van der Waals surface area contributed by atoms with Gasteiger partial charge in [0.05, 0.1) is 35.3 Å². The number of nitrogens with two attached hydrogens (primary N) is 2. The Labute approximate surface area is 339 Å². The van der Waals surface area contributed by atoms with Crippen molar-refractivity contribution in [3.8, 4) is 11.5 Å². The molecule has 6 N–H and O–H groups in total. The lowest BCUT2D eigenvalue weighted by Gasteiger charge is -2.12. The Kier molecular flexibility index (Phi) is 12.4. The van der Waals surface area contributed by atoms with Gasteiger partial charge in [-0.3, -0.25) is 29.3 Å². The van der Waals surface area contributed by atoms with E-state index in [-0.39, 0.29) is 77.2 Å². The number of nitrogens with one attached hydrogen (secondary N) is 1. The molecule has 2 aromatic carbocycles. The molecule has 0 saturated heterocycles. The van der Waals surface area contributed by atoms with E-state index in [9.17, 15) is 24.0 Å². The minimum absolute atomic E-state index is 0.00803. The molecule has 19 nitrogen and oxygen atoms in total. The number of carbonyl (C=O) groups excluding carboxylic acids is 4. The number of thiazole rings is 1. The molecule has 0 bridgehead atoms. The monoisotopic (exact) mass is 827 g/mol. The first kappa shape index (κ1) is 41.5. The number of hydrogen-bond acceptors (Lipinski definition) is 13. The van der Waals surface area contributed by atoms with Crippen molar-refractivity contribution in [3.05, 3.63) is 87.0 Å². The minimum atomic E-state index is -1.000. The summed E-state index contributed by atoms with van der Waals surface area (Å²) < 4.78 is 26.8. The molecule has 0 saturated carbocycles. The molecule has 6 rings (SSSR count). The van der Waals surface area contributed by atoms with Crippen molar-refractivity contribution in [1.82, 2.24) is 24.1 Å². The molecule has 0 aliphatic heterocycles. The maximum Gasteiger partial charge on any atom is 0.317 e. The summed E-state index contributed by atoms with van der Waals surface area (Å²) in [6.07, 6.45) is 4.44. The first-order valence-corrected chi connectivity index (χ1v) is 19.2. The summed E-state index contributed by atoms with van der Waals surface area (Å²) in [6, 6.07) is 5.98. The molecule has 4 amide bonds. The van der Waals surface area contributed by atoms with Crippen LogP contribution in [0, 0.1) is 13.8 Å². The summed E-state index contributed by atoms with van der Waals surface area (Å²) >= 11 is 1.14. The number of carbonyl (C=O) groups is 5. The van der Waals surface area contributed by atoms with Crippen LogP contribution in [-0.4, -0.2) is 72.5 Å². The number of ether oxygens (including phenoxy) is 2. The summed E-state index contributed by atoms with van der Waals surface area (Å²) in [7, 11) is 1.44. The number of benzene rings is 2. The van der Waals surface area contributed by atoms with Gasteiger partial charge in [0.1, 0.15) is 22.5 Å². The molecular weight excluding hydrogens is 787 g/mol. The third-order valence-corrected chi connectivity index (χ3v) is 10.00. The van der Waals surface area contributed by atoms with Crippen LogP contribution in [0.25, 0.3) is 21.3 Å². The number of methoxy groups -OCH3 is 1. The average molecular weight is 828 g/mol. The number of carboxylic acid groups (broad SMARTS) is 1. The van der Waals surface area contributed by atoms with Crippen LogP contribution in [0.3, 0.4) is 0 Å². The number of rotatable bonds is 17. The highest BCUT2D eigenvalue weighted by Gasteiger charge is 2.24. The molecule has 0 aliphatic carbocycles. The molecule has 20 heteroatoms. The fourth-order valence-corrected chi connectivity index (χ4v) is 7.40. The van der Waals surface area contributed by atoms with E-state index >= 15 is 0 Å². The van der Waals surface area contributed by atoms with Crippen molar-refractivity contribution in [1.29, 1.82) is 0 Å². The molecular formula is C39H41N9O10S. The number of aliphatic carboxylic acids is 1. The summed E-state index contributed by atoms with van der Waals surface area (Å²) in [4.78, 5) is 80.8. The van der Waals surface area contributed by atoms with Gasteiger partial charge in [-0.05, 0) is 43.5 Å². The number of fused-ring (bicyclic) bond motifs is 2. The van der Waals surface area contributed by atoms with E-state index in [4.69, 9.17) is 34.9 Å². The van der Waals surface area contributed by atoms with E-state index in [2.05, 4.69) is 25.3 Å². The number of nitrogens with zero attached hydrogens (tertiary/aromatic N) is 6. The molecule has 0 aliphatic rings. The first-order valence-electron chi connectivity index (χ1n) is 18.4. The van der Waals surface area contributed by atoms with Gasteiger partial charge in [-0.15, -0.1) is 0 Å². The van der Waals surface area contributed by atoms with Gasteiger partial charge in [0, 0.05) is 44.5 Å². The number of aromatic nitrogens is 5. The largest absolute Gasteiger partial charge is 0.494 e. The molecule has 0 radical (unpaired) electrons. The van der Waals surface area contributed by atoms with Crippen molar-refractivity contribution in [3.63, 3.8) is 0 Å². The van der Waals surface area contributed by atoms with Crippen LogP contribution in [0.2, 0.25) is 0 Å². The van der Waals surface area contributed by atoms with Crippen LogP contribution in [0.15, 0.2) is 50.2 Å². The molecule has 6 aromatic rings. The molecule has 0 unspecified atom stereocenters. The van der Waals surface area contributed by atoms with Crippen LogP contribution in [0.4, 0.5) is 5.95 Å². The van der Waals surface area contributed by atoms with Gasteiger partial charge in [-0.1, -0.05) is 37.3 Å². The predicted molar refractivity (Wildman–Crippen MR) is 214 cm³/mol. The van der Waals surface area contributed by atoms with E-state index in [1.54, 1.807) is 41.2 Å². The van der Waals surface area contributed by atoms with Crippen molar-refractivity contribution < 1.29 is 47.4 Å². The second-order valence-electron chi connectivity index (χ2n) is 13.0. The zero-order chi connectivity index (χ0) is 42.5. The number of amides is 4. The number of carboxylic acids is 1. The van der Waals surface area contributed by atoms with Gasteiger partial charge < -0.3 is 44.0 Å². The quantitative estimate of drug-likeness (QED) is 0.0731. The molecule has 59 heavy (non-hydrogen) atoms. The van der Waals surface area contributed by atoms with Crippen molar-refractivity contribution >= 4 is 68.1 Å². The number of allylic oxidation sites excluding steroid dienone is 2. The molecule has 0 fully saturated rings. The van der Waals surface area contributed by atoms with Crippen LogP contribution in [-0.2, 0) is 30.7 Å². The van der Waals surface area contributed by atoms with Gasteiger partial charge in [0.25, 0.3) is 5.91 Å². The third kappa shape index (κ3) is 8.91. The maximum absolute atomic E-state index is 13.6. The SMILES string of the molecule is CCc1nc(C)oc1C(=O)/N=c1\sc2cc(C(N)=O)cc(OC)c2n1C/C=C/Cn1c(NC(=O)c2oc(C)nc2CC)nc2cc(C(N)=O)cc(OCCCC(=O)O)c21. The molecule has 0 atom stereocenters. The van der Waals surface area contributed by atoms with Crippen molar-refractivity contribution in [2.24, 2.45) is 16.5 Å². The highest BCUT2D eigenvalue weighted by atomic mass is 32.1. The first-order chi connectivity index (χ1) is 28.2. The normalized spacial score (nSPS) is 11.8. The Hall–Kier alpha value is -7.09. The van der Waals surface area contributed by atoms with Crippen LogP contribution < -0.4 is 31.1 Å². The van der Waals surface area contributed by atoms with E-state index in [1.165, 1.54) is 25.3 Å². The zero-order valence-corrected chi connectivity index (χ0v) is 33.6. The highest BCUT2D eigenvalue weighted by molar-refractivity contribution is 7.16. The second kappa shape index (κ2) is 17.6. The predicted octanol–water partition coefficient (Wildman–Crippen LogP) is 4.47. The van der Waals surface area contributed by atoms with Gasteiger partial charge in [0.15, 0.2) is 16.6 Å². The van der Waals surface area contributed by atoms with Crippen molar-refractivity contribution in [2.45, 2.75) is 66.5 Å². The fraction of sp³-hybridized carbons (Fsp3) is 0.308. The topological polar surface area (TPSA) is 275 Å². The van der Waals surface area contributed by atoms with Crippen LogP contribution in [0.5, 0.6) is 11.5 Å². The number of imidazole rings is 1. The highest BCUT2D eigenvalue weighted by Crippen LogP contribution is 2.33. The van der Waals surface area contributed by atoms with Gasteiger partial charge in [0.2, 0.25) is 29.3 Å². The summed E-state index contributed by atoms with van der Waals surface area (Å²) in [5.41, 5.74) is 13.6. The van der Waals surface area contributed by atoms with Gasteiger partial charge >= 0.3 is 11.9 Å². The standard InChI is InChI=1S/C39H41N9O10S/c1-6-23-32(57-19(3)42-23)36(53)45-38-44-25-15-21(34(40)51)17-27(56-14-10-11-29(49)50)30(25)47(38)12-8-9-13-48-31-26(55-5)16-22(35(41)52)18-28(31)59-39(48)46-37(54)33-24(7-2)43-20(4)58-33/h8-9,15-18H,6-7,10-14H2,1-5H3,(H2,40,51)(H2,41,52)(H,49,50)(H,44,45,53)/b9-8+,46-39-. The van der Waals surface area contributed by atoms with Gasteiger partial charge in [-0.25, -0.2) is 15.0 Å². The Balaban J connectivity index is 1.44. The summed E-state index contributed by atoms with van der Waals surface area (Å²) in [5.74, 6) is -2.48. The number of oxazole rings is 2. The Bertz CT molecular complexity index is 2730. The zero-order valence-electron chi connectivity index (χ0n) is 32.8. The number of aryl methyl sites for hydroxylation is 4. The van der Waals surface area contributed by atoms with E-state index < -0.39 is 29.6 Å². The third-order valence-electron chi connectivity index (χ3n) is 8.97. The maximum atomic E-state index is 13.6. The van der Waals surface area contributed by atoms with Crippen LogP contribution >= 0.6 is 11.3 Å². The number of hydrogen-bond donors (Lipinski definition) is 4. The molecule has 4 aromatic heterocycles. The second-order valence-corrected chi connectivity index (χ2v) is 14.1. The smallest absolute Gasteiger partial charge is 0.317 e. The van der Waals surface area contributed by atoms with Gasteiger partial charge in [-0.2, -0.15) is 4.99 Å². The van der Waals surface area contributed by atoms with E-state index in [1.807, 2.05) is 13.8 Å². The lowest BCUT2D eigenvalue weighted by molar-refractivity contribution is -0.137. The Morgan fingerprint density at radius 3 is 2.10 bits per heavy atom. The van der Waals surface area contributed by atoms with E-state index in [0.717, 1.165) is 11.3 Å². The minimum Gasteiger partial charge on any atom is -0.494 e. The summed E-state index contributed by atoms with van der Waals surface area (Å²) in [6.45, 7) is 7.13. The Morgan fingerprint density at radius 2 is 1.47 bits per heavy atom. The molecule has 0 spiro atoms. The molecule has 308 valence electrons. The van der Waals surface area contributed by atoms with Crippen molar-refractivity contribution in [2.75, 3.05) is 19.0 Å². The number of anilines is 1. The Morgan fingerprint density at radius 1 is 0.864 bits per heavy atom. The van der Waals surface area contributed by atoms with E-state index in [0.29, 0.717) is 57.5 Å².